The molecule has 0 radical (unpaired) electrons. The van der Waals surface area contributed by atoms with E-state index in [2.05, 4.69) is 10.6 Å². The fourth-order valence-corrected chi connectivity index (χ4v) is 2.59. The number of esters is 1. The van der Waals surface area contributed by atoms with Crippen molar-refractivity contribution in [2.45, 2.75) is 13.0 Å². The van der Waals surface area contributed by atoms with Gasteiger partial charge in [0.05, 0.1) is 40.1 Å². The van der Waals surface area contributed by atoms with Gasteiger partial charge in [-0.05, 0) is 13.0 Å². The zero-order valence-electron chi connectivity index (χ0n) is 14.2. The molecule has 1 aromatic carbocycles. The van der Waals surface area contributed by atoms with Crippen LogP contribution in [0.2, 0.25) is 0 Å². The lowest BCUT2D eigenvalue weighted by Gasteiger charge is -2.29. The van der Waals surface area contributed by atoms with Gasteiger partial charge in [0.2, 0.25) is 0 Å². The number of carbonyl (C=O) groups excluding carboxylic acids is 2. The lowest BCUT2D eigenvalue weighted by atomic mass is 9.94. The van der Waals surface area contributed by atoms with Crippen LogP contribution in [0.5, 0.6) is 17.2 Å². The summed E-state index contributed by atoms with van der Waals surface area (Å²) in [5.74, 6) is 0.803. The van der Waals surface area contributed by atoms with Gasteiger partial charge in [0, 0.05) is 17.3 Å². The quantitative estimate of drug-likeness (QED) is 0.792. The molecule has 130 valence electrons. The second-order valence-corrected chi connectivity index (χ2v) is 5.01. The maximum absolute atomic E-state index is 12.2. The minimum absolute atomic E-state index is 0.280. The minimum Gasteiger partial charge on any atom is -0.496 e. The predicted octanol–water partition coefficient (Wildman–Crippen LogP) is 1.51. The summed E-state index contributed by atoms with van der Waals surface area (Å²) in [6, 6.07) is 2.11. The predicted molar refractivity (Wildman–Crippen MR) is 85.2 cm³/mol. The summed E-state index contributed by atoms with van der Waals surface area (Å²) in [5, 5.41) is 5.27. The molecular weight excluding hydrogens is 316 g/mol. The zero-order chi connectivity index (χ0) is 17.9. The van der Waals surface area contributed by atoms with Gasteiger partial charge in [-0.25, -0.2) is 9.59 Å². The highest BCUT2D eigenvalue weighted by Gasteiger charge is 2.34. The van der Waals surface area contributed by atoms with Crippen LogP contribution < -0.4 is 24.8 Å². The number of nitrogens with one attached hydrogen (secondary N) is 2. The Morgan fingerprint density at radius 2 is 1.58 bits per heavy atom. The summed E-state index contributed by atoms with van der Waals surface area (Å²) in [6.45, 7) is 1.63. The Morgan fingerprint density at radius 3 is 2.12 bits per heavy atom. The summed E-state index contributed by atoms with van der Waals surface area (Å²) in [6.07, 6.45) is 0. The van der Waals surface area contributed by atoms with Crippen LogP contribution >= 0.6 is 0 Å². The van der Waals surface area contributed by atoms with E-state index in [1.165, 1.54) is 28.4 Å². The van der Waals surface area contributed by atoms with E-state index in [0.717, 1.165) is 0 Å². The molecule has 0 saturated heterocycles. The molecule has 2 amide bonds. The van der Waals surface area contributed by atoms with E-state index in [9.17, 15) is 9.59 Å². The number of benzene rings is 1. The molecule has 1 aliphatic rings. The van der Waals surface area contributed by atoms with Gasteiger partial charge in [-0.2, -0.15) is 0 Å². The van der Waals surface area contributed by atoms with E-state index in [-0.39, 0.29) is 5.57 Å². The van der Waals surface area contributed by atoms with E-state index in [1.54, 1.807) is 19.1 Å². The molecule has 0 bridgehead atoms. The number of allylic oxidation sites excluding steroid dienone is 1. The summed E-state index contributed by atoms with van der Waals surface area (Å²) in [7, 11) is 5.77. The van der Waals surface area contributed by atoms with Gasteiger partial charge >= 0.3 is 12.0 Å². The molecule has 0 spiro atoms. The summed E-state index contributed by atoms with van der Waals surface area (Å²) in [4.78, 5) is 24.1. The molecule has 1 unspecified atom stereocenters. The Balaban J connectivity index is 2.65. The number of carbonyl (C=O) groups is 2. The molecule has 0 aliphatic carbocycles. The minimum atomic E-state index is -0.749. The van der Waals surface area contributed by atoms with Gasteiger partial charge in [0.1, 0.15) is 5.75 Å². The molecule has 0 aromatic heterocycles. The third kappa shape index (κ3) is 3.08. The summed E-state index contributed by atoms with van der Waals surface area (Å²) >= 11 is 0. The summed E-state index contributed by atoms with van der Waals surface area (Å²) in [5.41, 5.74) is 1.24. The van der Waals surface area contributed by atoms with Crippen LogP contribution in [0, 0.1) is 0 Å². The monoisotopic (exact) mass is 336 g/mol. The largest absolute Gasteiger partial charge is 0.496 e. The first-order valence-corrected chi connectivity index (χ1v) is 7.13. The fourth-order valence-electron chi connectivity index (χ4n) is 2.59. The highest BCUT2D eigenvalue weighted by Crippen LogP contribution is 2.40. The molecule has 0 fully saturated rings. The topological polar surface area (TPSA) is 95.1 Å². The SMILES string of the molecule is COC(=O)C1=C(C)NC(=O)NC1c1cc(OC)c(OC)cc1OC. The van der Waals surface area contributed by atoms with E-state index in [4.69, 9.17) is 18.9 Å². The van der Waals surface area contributed by atoms with E-state index in [1.807, 2.05) is 0 Å². The number of methoxy groups -OCH3 is 4. The molecule has 1 atom stereocenters. The van der Waals surface area contributed by atoms with Crippen LogP contribution in [0.15, 0.2) is 23.4 Å². The van der Waals surface area contributed by atoms with Crippen molar-refractivity contribution in [3.05, 3.63) is 29.0 Å². The standard InChI is InChI=1S/C16H20N2O6/c1-8-13(15(19)24-5)14(18-16(20)17-8)9-6-11(22-3)12(23-4)7-10(9)21-2/h6-7,14H,1-5H3,(H2,17,18,20). The number of ether oxygens (including phenoxy) is 4. The Hall–Kier alpha value is -2.90. The first-order chi connectivity index (χ1) is 11.5. The Morgan fingerprint density at radius 1 is 1.00 bits per heavy atom. The third-order valence-corrected chi connectivity index (χ3v) is 3.72. The normalized spacial score (nSPS) is 16.9. The maximum Gasteiger partial charge on any atom is 0.337 e. The van der Waals surface area contributed by atoms with Gasteiger partial charge in [0.15, 0.2) is 11.5 Å². The molecule has 2 N–H and O–H groups in total. The highest BCUT2D eigenvalue weighted by molar-refractivity contribution is 5.95. The first kappa shape index (κ1) is 17.5. The van der Waals surface area contributed by atoms with Gasteiger partial charge in [0.25, 0.3) is 0 Å². The van der Waals surface area contributed by atoms with Crippen LogP contribution in [0.25, 0.3) is 0 Å². The highest BCUT2D eigenvalue weighted by atomic mass is 16.5. The Bertz CT molecular complexity index is 698. The molecule has 1 aliphatic heterocycles. The molecule has 2 rings (SSSR count). The van der Waals surface area contributed by atoms with Crippen molar-refractivity contribution >= 4 is 12.0 Å². The van der Waals surface area contributed by atoms with Gasteiger partial charge in [-0.3, -0.25) is 0 Å². The smallest absolute Gasteiger partial charge is 0.337 e. The Kier molecular flexibility index (Phi) is 5.18. The van der Waals surface area contributed by atoms with E-state index < -0.39 is 18.0 Å². The van der Waals surface area contributed by atoms with Crippen LogP contribution in [-0.4, -0.2) is 40.4 Å². The van der Waals surface area contributed by atoms with Crippen LogP contribution in [0.1, 0.15) is 18.5 Å². The van der Waals surface area contributed by atoms with Crippen molar-refractivity contribution in [1.82, 2.24) is 10.6 Å². The van der Waals surface area contributed by atoms with Crippen LogP contribution in [0.4, 0.5) is 4.79 Å². The second-order valence-electron chi connectivity index (χ2n) is 5.01. The maximum atomic E-state index is 12.2. The van der Waals surface area contributed by atoms with Gasteiger partial charge in [-0.15, -0.1) is 0 Å². The van der Waals surface area contributed by atoms with Crippen molar-refractivity contribution in [3.8, 4) is 17.2 Å². The van der Waals surface area contributed by atoms with Crippen molar-refractivity contribution in [2.24, 2.45) is 0 Å². The fraction of sp³-hybridized carbons (Fsp3) is 0.375. The van der Waals surface area contributed by atoms with Gasteiger partial charge in [-0.1, -0.05) is 0 Å². The number of amides is 2. The summed E-state index contributed by atoms with van der Waals surface area (Å²) < 4.78 is 20.8. The van der Waals surface area contributed by atoms with Crippen molar-refractivity contribution in [3.63, 3.8) is 0 Å². The average molecular weight is 336 g/mol. The number of hydrogen-bond donors (Lipinski definition) is 2. The molecule has 24 heavy (non-hydrogen) atoms. The van der Waals surface area contributed by atoms with E-state index in [0.29, 0.717) is 28.5 Å². The number of urea groups is 1. The molecule has 8 nitrogen and oxygen atoms in total. The van der Waals surface area contributed by atoms with Crippen LogP contribution in [0.3, 0.4) is 0 Å². The molecule has 1 heterocycles. The average Bonchev–Trinajstić information content (AvgIpc) is 2.59. The number of rotatable bonds is 5. The van der Waals surface area contributed by atoms with Crippen molar-refractivity contribution in [1.29, 1.82) is 0 Å². The Labute approximate surface area is 139 Å². The molecule has 0 saturated carbocycles. The number of hydrogen-bond acceptors (Lipinski definition) is 6. The van der Waals surface area contributed by atoms with Gasteiger partial charge < -0.3 is 29.6 Å². The lowest BCUT2D eigenvalue weighted by Crippen LogP contribution is -2.45. The molecule has 1 aromatic rings. The van der Waals surface area contributed by atoms with E-state index >= 15 is 0 Å². The zero-order valence-corrected chi connectivity index (χ0v) is 14.2. The van der Waals surface area contributed by atoms with Crippen molar-refractivity contribution in [2.75, 3.05) is 28.4 Å². The van der Waals surface area contributed by atoms with Crippen LogP contribution in [-0.2, 0) is 9.53 Å². The molecule has 8 heteroatoms. The third-order valence-electron chi connectivity index (χ3n) is 3.72. The molecular formula is C16H20N2O6. The second kappa shape index (κ2) is 7.12. The van der Waals surface area contributed by atoms with Crippen molar-refractivity contribution < 1.29 is 28.5 Å². The first-order valence-electron chi connectivity index (χ1n) is 7.13. The lowest BCUT2D eigenvalue weighted by molar-refractivity contribution is -0.136.